The SMILES string of the molecule is CC(CO)c1c(F)c(F)cc2c1OCCO2. The van der Waals surface area contributed by atoms with Crippen LogP contribution in [0.1, 0.15) is 18.4 Å². The predicted molar refractivity (Wildman–Crippen MR) is 52.8 cm³/mol. The fourth-order valence-corrected chi connectivity index (χ4v) is 1.69. The van der Waals surface area contributed by atoms with Crippen LogP contribution in [0.3, 0.4) is 0 Å². The second kappa shape index (κ2) is 4.25. The standard InChI is InChI=1S/C11H12F2O3/c1-6(5-14)9-10(13)7(12)4-8-11(9)16-3-2-15-8/h4,6,14H,2-3,5H2,1H3. The van der Waals surface area contributed by atoms with Crippen LogP contribution in [0.15, 0.2) is 6.07 Å². The van der Waals surface area contributed by atoms with Gasteiger partial charge in [-0.2, -0.15) is 0 Å². The minimum atomic E-state index is -0.987. The van der Waals surface area contributed by atoms with Crippen LogP contribution in [0.4, 0.5) is 8.78 Å². The molecule has 0 aliphatic carbocycles. The topological polar surface area (TPSA) is 38.7 Å². The van der Waals surface area contributed by atoms with E-state index in [0.29, 0.717) is 13.2 Å². The molecule has 3 nitrogen and oxygen atoms in total. The molecule has 1 aliphatic rings. The molecule has 0 fully saturated rings. The van der Waals surface area contributed by atoms with E-state index in [1.165, 1.54) is 0 Å². The van der Waals surface area contributed by atoms with E-state index in [1.54, 1.807) is 6.92 Å². The van der Waals surface area contributed by atoms with E-state index in [-0.39, 0.29) is 23.7 Å². The van der Waals surface area contributed by atoms with Gasteiger partial charge in [-0.05, 0) is 0 Å². The molecule has 1 unspecified atom stereocenters. The molecule has 5 heteroatoms. The van der Waals surface area contributed by atoms with Crippen LogP contribution in [0.2, 0.25) is 0 Å². The Hall–Kier alpha value is -1.36. The van der Waals surface area contributed by atoms with Crippen molar-refractivity contribution in [3.8, 4) is 11.5 Å². The molecule has 2 rings (SSSR count). The van der Waals surface area contributed by atoms with Crippen molar-refractivity contribution >= 4 is 0 Å². The van der Waals surface area contributed by atoms with Crippen molar-refractivity contribution in [3.63, 3.8) is 0 Å². The maximum Gasteiger partial charge on any atom is 0.168 e. The molecule has 1 aromatic carbocycles. The quantitative estimate of drug-likeness (QED) is 0.842. The summed E-state index contributed by atoms with van der Waals surface area (Å²) in [6, 6.07) is 0.970. The minimum Gasteiger partial charge on any atom is -0.486 e. The van der Waals surface area contributed by atoms with Crippen LogP contribution in [-0.4, -0.2) is 24.9 Å². The summed E-state index contributed by atoms with van der Waals surface area (Å²) >= 11 is 0. The molecule has 0 saturated carbocycles. The Morgan fingerprint density at radius 2 is 2.06 bits per heavy atom. The molecule has 16 heavy (non-hydrogen) atoms. The van der Waals surface area contributed by atoms with Gasteiger partial charge < -0.3 is 14.6 Å². The number of aliphatic hydroxyl groups is 1. The third-order valence-corrected chi connectivity index (χ3v) is 2.53. The second-order valence-electron chi connectivity index (χ2n) is 3.69. The highest BCUT2D eigenvalue weighted by atomic mass is 19.2. The summed E-state index contributed by atoms with van der Waals surface area (Å²) in [5, 5.41) is 9.02. The molecule has 88 valence electrons. The van der Waals surface area contributed by atoms with Gasteiger partial charge in [0.15, 0.2) is 23.1 Å². The summed E-state index contributed by atoms with van der Waals surface area (Å²) in [6.07, 6.45) is 0. The van der Waals surface area contributed by atoms with Crippen molar-refractivity contribution in [1.82, 2.24) is 0 Å². The summed E-state index contributed by atoms with van der Waals surface area (Å²) < 4.78 is 37.3. The largest absolute Gasteiger partial charge is 0.486 e. The van der Waals surface area contributed by atoms with Crippen LogP contribution in [0.25, 0.3) is 0 Å². The Morgan fingerprint density at radius 3 is 2.75 bits per heavy atom. The zero-order valence-electron chi connectivity index (χ0n) is 8.80. The minimum absolute atomic E-state index is 0.0391. The van der Waals surface area contributed by atoms with Gasteiger partial charge >= 0.3 is 0 Å². The van der Waals surface area contributed by atoms with E-state index in [1.807, 2.05) is 0 Å². The highest BCUT2D eigenvalue weighted by Gasteiger charge is 2.26. The van der Waals surface area contributed by atoms with Crippen LogP contribution in [0, 0.1) is 11.6 Å². The van der Waals surface area contributed by atoms with Gasteiger partial charge in [0.2, 0.25) is 0 Å². The first-order valence-electron chi connectivity index (χ1n) is 5.03. The summed E-state index contributed by atoms with van der Waals surface area (Å²) in [5.74, 6) is -2.11. The van der Waals surface area contributed by atoms with E-state index >= 15 is 0 Å². The van der Waals surface area contributed by atoms with Crippen molar-refractivity contribution in [2.75, 3.05) is 19.8 Å². The van der Waals surface area contributed by atoms with Gasteiger partial charge in [-0.1, -0.05) is 6.92 Å². The van der Waals surface area contributed by atoms with Gasteiger partial charge in [-0.15, -0.1) is 0 Å². The van der Waals surface area contributed by atoms with E-state index in [2.05, 4.69) is 0 Å². The van der Waals surface area contributed by atoms with Gasteiger partial charge in [0.05, 0.1) is 0 Å². The normalized spacial score (nSPS) is 16.0. The second-order valence-corrected chi connectivity index (χ2v) is 3.69. The van der Waals surface area contributed by atoms with E-state index in [4.69, 9.17) is 14.6 Å². The first kappa shape index (κ1) is 11.1. The summed E-state index contributed by atoms with van der Waals surface area (Å²) in [5.41, 5.74) is 0.0391. The molecule has 1 heterocycles. The Labute approximate surface area is 91.6 Å². The molecular formula is C11H12F2O3. The summed E-state index contributed by atoms with van der Waals surface area (Å²) in [7, 11) is 0. The number of halogens is 2. The number of aliphatic hydroxyl groups excluding tert-OH is 1. The van der Waals surface area contributed by atoms with Gasteiger partial charge in [0.25, 0.3) is 0 Å². The smallest absolute Gasteiger partial charge is 0.168 e. The molecule has 0 bridgehead atoms. The number of benzene rings is 1. The fraction of sp³-hybridized carbons (Fsp3) is 0.455. The zero-order valence-corrected chi connectivity index (χ0v) is 8.80. The van der Waals surface area contributed by atoms with Crippen molar-refractivity contribution in [2.45, 2.75) is 12.8 Å². The highest BCUT2D eigenvalue weighted by Crippen LogP contribution is 2.40. The number of hydrogen-bond acceptors (Lipinski definition) is 3. The van der Waals surface area contributed by atoms with Gasteiger partial charge in [-0.25, -0.2) is 8.78 Å². The summed E-state index contributed by atoms with van der Waals surface area (Å²) in [6.45, 7) is 1.92. The van der Waals surface area contributed by atoms with E-state index in [9.17, 15) is 8.78 Å². The number of rotatable bonds is 2. The number of hydrogen-bond donors (Lipinski definition) is 1. The number of fused-ring (bicyclic) bond motifs is 1. The third kappa shape index (κ3) is 1.71. The first-order valence-corrected chi connectivity index (χ1v) is 5.03. The average Bonchev–Trinajstić information content (AvgIpc) is 2.30. The van der Waals surface area contributed by atoms with Crippen molar-refractivity contribution in [2.24, 2.45) is 0 Å². The maximum atomic E-state index is 13.6. The highest BCUT2D eigenvalue weighted by molar-refractivity contribution is 5.50. The maximum absolute atomic E-state index is 13.6. The van der Waals surface area contributed by atoms with Gasteiger partial charge in [0, 0.05) is 24.2 Å². The summed E-state index contributed by atoms with van der Waals surface area (Å²) in [4.78, 5) is 0. The molecule has 0 radical (unpaired) electrons. The molecule has 0 saturated heterocycles. The molecular weight excluding hydrogens is 218 g/mol. The van der Waals surface area contributed by atoms with Gasteiger partial charge in [0.1, 0.15) is 13.2 Å². The third-order valence-electron chi connectivity index (χ3n) is 2.53. The average molecular weight is 230 g/mol. The molecule has 0 aromatic heterocycles. The monoisotopic (exact) mass is 230 g/mol. The number of ether oxygens (including phenoxy) is 2. The molecule has 1 aliphatic heterocycles. The molecule has 0 amide bonds. The molecule has 1 atom stereocenters. The van der Waals surface area contributed by atoms with Crippen molar-refractivity contribution in [1.29, 1.82) is 0 Å². The van der Waals surface area contributed by atoms with Crippen molar-refractivity contribution in [3.05, 3.63) is 23.3 Å². The lowest BCUT2D eigenvalue weighted by atomic mass is 9.99. The van der Waals surface area contributed by atoms with E-state index < -0.39 is 17.6 Å². The first-order chi connectivity index (χ1) is 7.65. The lowest BCUT2D eigenvalue weighted by Gasteiger charge is -2.23. The Kier molecular flexibility index (Phi) is 2.96. The van der Waals surface area contributed by atoms with Crippen LogP contribution < -0.4 is 9.47 Å². The van der Waals surface area contributed by atoms with Crippen LogP contribution >= 0.6 is 0 Å². The van der Waals surface area contributed by atoms with Gasteiger partial charge in [-0.3, -0.25) is 0 Å². The van der Waals surface area contributed by atoms with Crippen LogP contribution in [0.5, 0.6) is 11.5 Å². The fourth-order valence-electron chi connectivity index (χ4n) is 1.69. The lowest BCUT2D eigenvalue weighted by Crippen LogP contribution is -2.19. The van der Waals surface area contributed by atoms with Crippen LogP contribution in [-0.2, 0) is 0 Å². The van der Waals surface area contributed by atoms with E-state index in [0.717, 1.165) is 6.07 Å². The van der Waals surface area contributed by atoms with Crippen molar-refractivity contribution < 1.29 is 23.4 Å². The zero-order chi connectivity index (χ0) is 11.7. The predicted octanol–water partition coefficient (Wildman–Crippen LogP) is 1.83. The molecule has 0 spiro atoms. The lowest BCUT2D eigenvalue weighted by molar-refractivity contribution is 0.164. The Bertz CT molecular complexity index is 407. The molecule has 1 aromatic rings. The Balaban J connectivity index is 2.59. The molecule has 1 N–H and O–H groups in total. The Morgan fingerprint density at radius 1 is 1.38 bits per heavy atom.